The van der Waals surface area contributed by atoms with Crippen LogP contribution in [0.5, 0.6) is 11.5 Å². The summed E-state index contributed by atoms with van der Waals surface area (Å²) in [5.74, 6) is 0.728. The van der Waals surface area contributed by atoms with E-state index in [1.807, 2.05) is 20.8 Å². The fourth-order valence-corrected chi connectivity index (χ4v) is 3.87. The molecule has 0 saturated heterocycles. The van der Waals surface area contributed by atoms with E-state index in [1.54, 1.807) is 36.1 Å². The van der Waals surface area contributed by atoms with Gasteiger partial charge in [0.1, 0.15) is 11.8 Å². The first kappa shape index (κ1) is 26.1. The highest BCUT2D eigenvalue weighted by atomic mass is 16.5. The number of carbonyl (C=O) groups is 3. The molecule has 0 aliphatic heterocycles. The van der Waals surface area contributed by atoms with E-state index in [2.05, 4.69) is 15.8 Å². The maximum absolute atomic E-state index is 13.6. The number of aromatic nitrogens is 1. The van der Waals surface area contributed by atoms with Gasteiger partial charge in [0.15, 0.2) is 17.3 Å². The monoisotopic (exact) mass is 486 g/mol. The molecule has 1 aliphatic rings. The number of benzene rings is 1. The van der Waals surface area contributed by atoms with E-state index in [9.17, 15) is 14.4 Å². The largest absolute Gasteiger partial charge is 0.493 e. The SMILES string of the molecule is COc1cccc([C@H](C(=O)NC(C)(C)C)N(C(=O)CCC(=O)Nc2cc(C)on2)C2CC2)c1OC. The van der Waals surface area contributed by atoms with Gasteiger partial charge >= 0.3 is 0 Å². The van der Waals surface area contributed by atoms with Gasteiger partial charge < -0.3 is 29.5 Å². The minimum Gasteiger partial charge on any atom is -0.493 e. The van der Waals surface area contributed by atoms with Crippen molar-refractivity contribution >= 4 is 23.5 Å². The van der Waals surface area contributed by atoms with Crippen LogP contribution in [-0.4, -0.2) is 53.6 Å². The van der Waals surface area contributed by atoms with Crippen molar-refractivity contribution in [3.8, 4) is 11.5 Å². The third-order valence-corrected chi connectivity index (χ3v) is 5.44. The second kappa shape index (κ2) is 10.8. The van der Waals surface area contributed by atoms with Crippen LogP contribution in [-0.2, 0) is 14.4 Å². The first-order valence-corrected chi connectivity index (χ1v) is 11.6. The number of ether oxygens (including phenoxy) is 2. The molecule has 2 aromatic rings. The van der Waals surface area contributed by atoms with Crippen LogP contribution in [0, 0.1) is 6.92 Å². The lowest BCUT2D eigenvalue weighted by Gasteiger charge is -2.34. The Balaban J connectivity index is 1.88. The zero-order valence-electron chi connectivity index (χ0n) is 21.1. The highest BCUT2D eigenvalue weighted by Crippen LogP contribution is 2.42. The van der Waals surface area contributed by atoms with E-state index in [1.165, 1.54) is 14.2 Å². The maximum Gasteiger partial charge on any atom is 0.248 e. The van der Waals surface area contributed by atoms with E-state index >= 15 is 0 Å². The Morgan fingerprint density at radius 2 is 1.89 bits per heavy atom. The molecule has 0 unspecified atom stereocenters. The number of nitrogens with one attached hydrogen (secondary N) is 2. The van der Waals surface area contributed by atoms with Gasteiger partial charge in [0.2, 0.25) is 17.7 Å². The number of carbonyl (C=O) groups excluding carboxylic acids is 3. The van der Waals surface area contributed by atoms with E-state index in [4.69, 9.17) is 14.0 Å². The summed E-state index contributed by atoms with van der Waals surface area (Å²) in [6.45, 7) is 7.35. The molecule has 0 bridgehead atoms. The number of hydrogen-bond acceptors (Lipinski definition) is 7. The van der Waals surface area contributed by atoms with Gasteiger partial charge in [-0.25, -0.2) is 0 Å². The van der Waals surface area contributed by atoms with Crippen molar-refractivity contribution in [1.82, 2.24) is 15.4 Å². The van der Waals surface area contributed by atoms with E-state index in [0.29, 0.717) is 28.6 Å². The van der Waals surface area contributed by atoms with E-state index in [-0.39, 0.29) is 36.6 Å². The second-order valence-electron chi connectivity index (χ2n) is 9.63. The summed E-state index contributed by atoms with van der Waals surface area (Å²) in [5, 5.41) is 9.35. The Kier molecular flexibility index (Phi) is 8.03. The summed E-state index contributed by atoms with van der Waals surface area (Å²) >= 11 is 0. The molecule has 2 N–H and O–H groups in total. The number of aryl methyl sites for hydroxylation is 1. The Bertz CT molecular complexity index is 1070. The third-order valence-electron chi connectivity index (χ3n) is 5.44. The van der Waals surface area contributed by atoms with Crippen LogP contribution in [0.2, 0.25) is 0 Å². The number of hydrogen-bond donors (Lipinski definition) is 2. The zero-order valence-corrected chi connectivity index (χ0v) is 21.1. The third kappa shape index (κ3) is 6.74. The predicted molar refractivity (Wildman–Crippen MR) is 129 cm³/mol. The smallest absolute Gasteiger partial charge is 0.248 e. The van der Waals surface area contributed by atoms with Gasteiger partial charge in [0.25, 0.3) is 0 Å². The first-order chi connectivity index (χ1) is 16.5. The van der Waals surface area contributed by atoms with Gasteiger partial charge in [0.05, 0.1) is 14.2 Å². The fourth-order valence-electron chi connectivity index (χ4n) is 3.87. The molecule has 1 fully saturated rings. The number of nitrogens with zero attached hydrogens (tertiary/aromatic N) is 2. The fraction of sp³-hybridized carbons (Fsp3) is 0.520. The van der Waals surface area contributed by atoms with Crippen LogP contribution in [0.15, 0.2) is 28.8 Å². The molecule has 190 valence electrons. The van der Waals surface area contributed by atoms with E-state index < -0.39 is 11.6 Å². The molecule has 1 aromatic carbocycles. The molecular weight excluding hydrogens is 452 g/mol. The first-order valence-electron chi connectivity index (χ1n) is 11.6. The van der Waals surface area contributed by atoms with Gasteiger partial charge in [-0.2, -0.15) is 0 Å². The highest BCUT2D eigenvalue weighted by molar-refractivity contribution is 5.94. The Labute approximate surface area is 205 Å². The lowest BCUT2D eigenvalue weighted by molar-refractivity contribution is -0.142. The van der Waals surface area contributed by atoms with Gasteiger partial charge in [0, 0.05) is 36.1 Å². The number of methoxy groups -OCH3 is 2. The number of amides is 3. The summed E-state index contributed by atoms with van der Waals surface area (Å²) in [5.41, 5.74) is 0.00588. The van der Waals surface area contributed by atoms with Crippen molar-refractivity contribution in [2.24, 2.45) is 0 Å². The molecule has 1 saturated carbocycles. The average molecular weight is 487 g/mol. The molecule has 0 spiro atoms. The Morgan fingerprint density at radius 1 is 1.17 bits per heavy atom. The van der Waals surface area contributed by atoms with Crippen LogP contribution in [0.4, 0.5) is 5.82 Å². The van der Waals surface area contributed by atoms with Crippen LogP contribution >= 0.6 is 0 Å². The van der Waals surface area contributed by atoms with Crippen molar-refractivity contribution in [1.29, 1.82) is 0 Å². The molecule has 35 heavy (non-hydrogen) atoms. The number of anilines is 1. The summed E-state index contributed by atoms with van der Waals surface area (Å²) in [7, 11) is 3.02. The van der Waals surface area contributed by atoms with Crippen LogP contribution in [0.25, 0.3) is 0 Å². The predicted octanol–water partition coefficient (Wildman–Crippen LogP) is 3.37. The van der Waals surface area contributed by atoms with Gasteiger partial charge in [-0.3, -0.25) is 14.4 Å². The van der Waals surface area contributed by atoms with Gasteiger partial charge in [-0.1, -0.05) is 17.3 Å². The molecule has 3 rings (SSSR count). The van der Waals surface area contributed by atoms with Crippen molar-refractivity contribution in [2.45, 2.75) is 71.0 Å². The molecule has 1 atom stereocenters. The Hall–Kier alpha value is -3.56. The minimum atomic E-state index is -0.944. The van der Waals surface area contributed by atoms with Crippen molar-refractivity contribution in [3.63, 3.8) is 0 Å². The molecule has 10 heteroatoms. The number of rotatable bonds is 10. The standard InChI is InChI=1S/C25H34N4O6/c1-15-14-19(28-35-15)26-20(30)12-13-21(31)29(16-10-11-16)22(24(32)27-25(2,3)4)17-8-7-9-18(33-5)23(17)34-6/h7-9,14,16,22H,10-13H2,1-6H3,(H,27,32)(H,26,28,30)/t22-/m1/s1. The van der Waals surface area contributed by atoms with E-state index in [0.717, 1.165) is 12.8 Å². The van der Waals surface area contributed by atoms with Gasteiger partial charge in [-0.05, 0) is 46.6 Å². The lowest BCUT2D eigenvalue weighted by Crippen LogP contribution is -2.50. The molecule has 10 nitrogen and oxygen atoms in total. The van der Waals surface area contributed by atoms with Crippen molar-refractivity contribution < 1.29 is 28.4 Å². The average Bonchev–Trinajstić information content (AvgIpc) is 3.54. The summed E-state index contributed by atoms with van der Waals surface area (Å²) in [4.78, 5) is 41.1. The number of para-hydroxylation sites is 1. The molecule has 1 aromatic heterocycles. The molecule has 0 radical (unpaired) electrons. The second-order valence-corrected chi connectivity index (χ2v) is 9.63. The van der Waals surface area contributed by atoms with Gasteiger partial charge in [-0.15, -0.1) is 0 Å². The molecule has 3 amide bonds. The Morgan fingerprint density at radius 3 is 2.43 bits per heavy atom. The van der Waals surface area contributed by atoms with Crippen LogP contribution in [0.3, 0.4) is 0 Å². The quantitative estimate of drug-likeness (QED) is 0.528. The highest BCUT2D eigenvalue weighted by Gasteiger charge is 2.43. The minimum absolute atomic E-state index is 0.0587. The lowest BCUT2D eigenvalue weighted by atomic mass is 9.99. The van der Waals surface area contributed by atoms with Crippen LogP contribution in [0.1, 0.15) is 63.8 Å². The van der Waals surface area contributed by atoms with Crippen molar-refractivity contribution in [3.05, 3.63) is 35.6 Å². The van der Waals surface area contributed by atoms with Crippen LogP contribution < -0.4 is 20.1 Å². The normalized spacial score (nSPS) is 14.1. The summed E-state index contributed by atoms with van der Waals surface area (Å²) in [6.07, 6.45) is 1.44. The molecule has 1 heterocycles. The molecule has 1 aliphatic carbocycles. The zero-order chi connectivity index (χ0) is 25.8. The topological polar surface area (TPSA) is 123 Å². The summed E-state index contributed by atoms with van der Waals surface area (Å²) < 4.78 is 16.0. The maximum atomic E-state index is 13.6. The van der Waals surface area contributed by atoms with Crippen molar-refractivity contribution in [2.75, 3.05) is 19.5 Å². The summed E-state index contributed by atoms with van der Waals surface area (Å²) in [6, 6.07) is 5.81. The molecular formula is C25H34N4O6.